The van der Waals surface area contributed by atoms with Gasteiger partial charge in [0.15, 0.2) is 11.5 Å². The van der Waals surface area contributed by atoms with Gasteiger partial charge >= 0.3 is 6.18 Å². The van der Waals surface area contributed by atoms with Crippen LogP contribution < -0.4 is 24.3 Å². The number of rotatable bonds is 9. The molecule has 0 aliphatic heterocycles. The van der Waals surface area contributed by atoms with E-state index in [4.69, 9.17) is 18.9 Å². The highest BCUT2D eigenvalue weighted by molar-refractivity contribution is 5.53. The van der Waals surface area contributed by atoms with Gasteiger partial charge in [-0.05, 0) is 35.9 Å². The van der Waals surface area contributed by atoms with Crippen molar-refractivity contribution in [3.05, 3.63) is 47.5 Å². The van der Waals surface area contributed by atoms with Gasteiger partial charge in [-0.3, -0.25) is 0 Å². The van der Waals surface area contributed by atoms with Crippen molar-refractivity contribution in [1.82, 2.24) is 5.32 Å². The van der Waals surface area contributed by atoms with E-state index in [0.29, 0.717) is 30.3 Å². The third-order valence-corrected chi connectivity index (χ3v) is 3.76. The maximum atomic E-state index is 12.7. The van der Waals surface area contributed by atoms with Crippen molar-refractivity contribution >= 4 is 0 Å². The summed E-state index contributed by atoms with van der Waals surface area (Å²) in [4.78, 5) is 0. The predicted octanol–water partition coefficient (Wildman–Crippen LogP) is 3.90. The molecule has 8 heteroatoms. The number of ether oxygens (including phenoxy) is 4. The summed E-state index contributed by atoms with van der Waals surface area (Å²) in [5, 5.41) is 3.16. The molecule has 0 spiro atoms. The zero-order chi connectivity index (χ0) is 19.9. The Morgan fingerprint density at radius 3 is 2.15 bits per heavy atom. The van der Waals surface area contributed by atoms with Crippen LogP contribution >= 0.6 is 0 Å². The number of methoxy groups -OCH3 is 3. The van der Waals surface area contributed by atoms with E-state index >= 15 is 0 Å². The highest BCUT2D eigenvalue weighted by Gasteiger charge is 2.30. The molecule has 0 saturated heterocycles. The second kappa shape index (κ2) is 9.36. The van der Waals surface area contributed by atoms with E-state index in [1.807, 2.05) is 12.1 Å². The molecule has 0 aliphatic carbocycles. The monoisotopic (exact) mass is 385 g/mol. The first-order valence-electron chi connectivity index (χ1n) is 8.18. The first kappa shape index (κ1) is 20.7. The van der Waals surface area contributed by atoms with Crippen molar-refractivity contribution in [2.45, 2.75) is 12.7 Å². The molecule has 0 aliphatic rings. The van der Waals surface area contributed by atoms with E-state index in [9.17, 15) is 13.2 Å². The van der Waals surface area contributed by atoms with Crippen LogP contribution in [0.5, 0.6) is 23.0 Å². The minimum Gasteiger partial charge on any atom is -0.493 e. The second-order valence-electron chi connectivity index (χ2n) is 5.58. The lowest BCUT2D eigenvalue weighted by Gasteiger charge is -2.14. The van der Waals surface area contributed by atoms with Crippen LogP contribution in [-0.2, 0) is 12.7 Å². The lowest BCUT2D eigenvalue weighted by atomic mass is 10.2. The van der Waals surface area contributed by atoms with E-state index in [2.05, 4.69) is 5.32 Å². The van der Waals surface area contributed by atoms with Gasteiger partial charge in [0.25, 0.3) is 0 Å². The number of hydrogen-bond acceptors (Lipinski definition) is 5. The second-order valence-corrected chi connectivity index (χ2v) is 5.58. The molecule has 0 unspecified atom stereocenters. The van der Waals surface area contributed by atoms with Crippen LogP contribution in [0.1, 0.15) is 11.1 Å². The summed E-state index contributed by atoms with van der Waals surface area (Å²) in [5.74, 6) is 1.79. The van der Waals surface area contributed by atoms with Gasteiger partial charge in [-0.1, -0.05) is 6.07 Å². The predicted molar refractivity (Wildman–Crippen MR) is 94.7 cm³/mol. The van der Waals surface area contributed by atoms with Gasteiger partial charge in [0.2, 0.25) is 5.75 Å². The zero-order valence-corrected chi connectivity index (χ0v) is 15.4. The topological polar surface area (TPSA) is 49.0 Å². The lowest BCUT2D eigenvalue weighted by molar-refractivity contribution is -0.137. The van der Waals surface area contributed by atoms with Gasteiger partial charge in [0, 0.05) is 13.1 Å². The van der Waals surface area contributed by atoms with Crippen LogP contribution in [0.15, 0.2) is 36.4 Å². The largest absolute Gasteiger partial charge is 0.493 e. The summed E-state index contributed by atoms with van der Waals surface area (Å²) in [5.41, 5.74) is 0.175. The molecule has 0 amide bonds. The standard InChI is InChI=1S/C19H22F3NO4/c1-24-16-9-13(10-17(25-2)18(16)26-3)12-23-7-8-27-15-6-4-5-14(11-15)19(20,21)22/h4-6,9-11,23H,7-8,12H2,1-3H3. The quantitative estimate of drug-likeness (QED) is 0.664. The number of hydrogen-bond donors (Lipinski definition) is 1. The Hall–Kier alpha value is -2.61. The average Bonchev–Trinajstić information content (AvgIpc) is 2.66. The summed E-state index contributed by atoms with van der Waals surface area (Å²) < 4.78 is 59.3. The molecule has 148 valence electrons. The van der Waals surface area contributed by atoms with Gasteiger partial charge in [-0.15, -0.1) is 0 Å². The fourth-order valence-electron chi connectivity index (χ4n) is 2.47. The van der Waals surface area contributed by atoms with Crippen molar-refractivity contribution in [3.8, 4) is 23.0 Å². The maximum Gasteiger partial charge on any atom is 0.416 e. The van der Waals surface area contributed by atoms with Crippen LogP contribution in [0.3, 0.4) is 0 Å². The Morgan fingerprint density at radius 2 is 1.59 bits per heavy atom. The summed E-state index contributed by atoms with van der Waals surface area (Å²) >= 11 is 0. The fraction of sp³-hybridized carbons (Fsp3) is 0.368. The number of alkyl halides is 3. The van der Waals surface area contributed by atoms with E-state index in [-0.39, 0.29) is 12.4 Å². The SMILES string of the molecule is COc1cc(CNCCOc2cccc(C(F)(F)F)c2)cc(OC)c1OC. The molecular formula is C19H22F3NO4. The molecule has 1 N–H and O–H groups in total. The molecule has 0 fully saturated rings. The molecule has 2 aromatic carbocycles. The van der Waals surface area contributed by atoms with Crippen molar-refractivity contribution in [1.29, 1.82) is 0 Å². The molecule has 0 atom stereocenters. The van der Waals surface area contributed by atoms with Crippen molar-refractivity contribution in [2.24, 2.45) is 0 Å². The molecular weight excluding hydrogens is 363 g/mol. The molecule has 5 nitrogen and oxygen atoms in total. The van der Waals surface area contributed by atoms with Crippen molar-refractivity contribution in [2.75, 3.05) is 34.5 Å². The highest BCUT2D eigenvalue weighted by atomic mass is 19.4. The Balaban J connectivity index is 1.87. The van der Waals surface area contributed by atoms with Crippen LogP contribution in [0.4, 0.5) is 13.2 Å². The van der Waals surface area contributed by atoms with Crippen LogP contribution in [0.2, 0.25) is 0 Å². The van der Waals surface area contributed by atoms with Crippen molar-refractivity contribution in [3.63, 3.8) is 0 Å². The van der Waals surface area contributed by atoms with E-state index in [1.165, 1.54) is 33.5 Å². The smallest absolute Gasteiger partial charge is 0.416 e. The van der Waals surface area contributed by atoms with Gasteiger partial charge in [0.05, 0.1) is 26.9 Å². The molecule has 0 aromatic heterocycles. The molecule has 0 heterocycles. The minimum atomic E-state index is -4.38. The van der Waals surface area contributed by atoms with Gasteiger partial charge in [-0.25, -0.2) is 0 Å². The normalized spacial score (nSPS) is 11.2. The maximum absolute atomic E-state index is 12.7. The van der Waals surface area contributed by atoms with Crippen LogP contribution in [0, 0.1) is 0 Å². The van der Waals surface area contributed by atoms with E-state index in [0.717, 1.165) is 17.7 Å². The molecule has 2 rings (SSSR count). The molecule has 2 aromatic rings. The third kappa shape index (κ3) is 5.68. The minimum absolute atomic E-state index is 0.180. The third-order valence-electron chi connectivity index (χ3n) is 3.76. The number of benzene rings is 2. The Labute approximate surface area is 156 Å². The number of nitrogens with one attached hydrogen (secondary N) is 1. The summed E-state index contributed by atoms with van der Waals surface area (Å²) in [6.07, 6.45) is -4.38. The van der Waals surface area contributed by atoms with Crippen molar-refractivity contribution < 1.29 is 32.1 Å². The molecule has 0 bridgehead atoms. The summed E-state index contributed by atoms with van der Waals surface area (Å²) in [6.45, 7) is 1.18. The number of halogens is 3. The van der Waals surface area contributed by atoms with Gasteiger partial charge in [-0.2, -0.15) is 13.2 Å². The first-order chi connectivity index (χ1) is 12.9. The van der Waals surface area contributed by atoms with Crippen LogP contribution in [0.25, 0.3) is 0 Å². The summed E-state index contributed by atoms with van der Waals surface area (Å²) in [6, 6.07) is 8.45. The molecule has 0 saturated carbocycles. The van der Waals surface area contributed by atoms with Gasteiger partial charge < -0.3 is 24.3 Å². The fourth-order valence-corrected chi connectivity index (χ4v) is 2.47. The Bertz CT molecular complexity index is 725. The Morgan fingerprint density at radius 1 is 0.926 bits per heavy atom. The Kier molecular flexibility index (Phi) is 7.18. The lowest BCUT2D eigenvalue weighted by Crippen LogP contribution is -2.20. The molecule has 0 radical (unpaired) electrons. The highest BCUT2D eigenvalue weighted by Crippen LogP contribution is 2.38. The average molecular weight is 385 g/mol. The molecule has 27 heavy (non-hydrogen) atoms. The van der Waals surface area contributed by atoms with Crippen LogP contribution in [-0.4, -0.2) is 34.5 Å². The zero-order valence-electron chi connectivity index (χ0n) is 15.4. The summed E-state index contributed by atoms with van der Waals surface area (Å²) in [7, 11) is 4.61. The van der Waals surface area contributed by atoms with E-state index < -0.39 is 11.7 Å². The van der Waals surface area contributed by atoms with E-state index in [1.54, 1.807) is 0 Å². The first-order valence-corrected chi connectivity index (χ1v) is 8.18. The van der Waals surface area contributed by atoms with Gasteiger partial charge in [0.1, 0.15) is 12.4 Å².